The Balaban J connectivity index is 1.89. The Bertz CT molecular complexity index is 740. The molecule has 2 heteroatoms. The van der Waals surface area contributed by atoms with Gasteiger partial charge in [-0.25, -0.2) is 0 Å². The summed E-state index contributed by atoms with van der Waals surface area (Å²) in [4.78, 5) is 13.0. The molecule has 3 rings (SSSR count). The standard InChI is InChI=1S/C22H21NO/c1-2-17-13-15-20(16-14-17)23-22(24)21(18-9-5-3-6-10-18)19-11-7-4-8-12-19/h3-16,21H,2H2,1H3,(H,23,24). The molecule has 1 N–H and O–H groups in total. The van der Waals surface area contributed by atoms with E-state index in [-0.39, 0.29) is 11.8 Å². The van der Waals surface area contributed by atoms with E-state index in [1.807, 2.05) is 72.8 Å². The number of carbonyl (C=O) groups is 1. The zero-order valence-corrected chi connectivity index (χ0v) is 13.8. The Labute approximate surface area is 143 Å². The fourth-order valence-electron chi connectivity index (χ4n) is 2.82. The van der Waals surface area contributed by atoms with Gasteiger partial charge in [-0.2, -0.15) is 0 Å². The molecule has 0 radical (unpaired) electrons. The molecular formula is C22H21NO. The van der Waals surface area contributed by atoms with E-state index in [2.05, 4.69) is 24.4 Å². The summed E-state index contributed by atoms with van der Waals surface area (Å²) in [5.41, 5.74) is 4.07. The first-order chi connectivity index (χ1) is 11.8. The van der Waals surface area contributed by atoms with Gasteiger partial charge in [-0.1, -0.05) is 79.7 Å². The number of aryl methyl sites for hydroxylation is 1. The highest BCUT2D eigenvalue weighted by atomic mass is 16.1. The zero-order chi connectivity index (χ0) is 16.8. The van der Waals surface area contributed by atoms with Gasteiger partial charge in [0.15, 0.2) is 0 Å². The van der Waals surface area contributed by atoms with Crippen LogP contribution >= 0.6 is 0 Å². The summed E-state index contributed by atoms with van der Waals surface area (Å²) < 4.78 is 0. The molecular weight excluding hydrogens is 294 g/mol. The number of nitrogens with one attached hydrogen (secondary N) is 1. The topological polar surface area (TPSA) is 29.1 Å². The van der Waals surface area contributed by atoms with E-state index in [0.717, 1.165) is 23.2 Å². The molecule has 3 aromatic rings. The highest BCUT2D eigenvalue weighted by Crippen LogP contribution is 2.26. The Kier molecular flexibility index (Phi) is 5.07. The molecule has 0 spiro atoms. The molecule has 0 fully saturated rings. The van der Waals surface area contributed by atoms with Gasteiger partial charge in [-0.3, -0.25) is 4.79 Å². The molecule has 0 saturated heterocycles. The molecule has 0 aliphatic heterocycles. The molecule has 3 aromatic carbocycles. The van der Waals surface area contributed by atoms with E-state index in [4.69, 9.17) is 0 Å². The largest absolute Gasteiger partial charge is 0.325 e. The van der Waals surface area contributed by atoms with Crippen molar-refractivity contribution < 1.29 is 4.79 Å². The highest BCUT2D eigenvalue weighted by molar-refractivity contribution is 5.98. The van der Waals surface area contributed by atoms with Crippen LogP contribution in [0.15, 0.2) is 84.9 Å². The predicted octanol–water partition coefficient (Wildman–Crippen LogP) is 5.02. The number of anilines is 1. The Morgan fingerprint density at radius 3 is 1.75 bits per heavy atom. The number of hydrogen-bond acceptors (Lipinski definition) is 1. The van der Waals surface area contributed by atoms with Gasteiger partial charge in [-0.15, -0.1) is 0 Å². The van der Waals surface area contributed by atoms with Gasteiger partial charge in [0, 0.05) is 5.69 Å². The van der Waals surface area contributed by atoms with Crippen LogP contribution in [-0.4, -0.2) is 5.91 Å². The molecule has 0 bridgehead atoms. The van der Waals surface area contributed by atoms with Crippen molar-refractivity contribution in [1.29, 1.82) is 0 Å². The van der Waals surface area contributed by atoms with Gasteiger partial charge in [0.05, 0.1) is 5.92 Å². The van der Waals surface area contributed by atoms with Crippen molar-refractivity contribution in [2.45, 2.75) is 19.3 Å². The van der Waals surface area contributed by atoms with Gasteiger partial charge in [0.1, 0.15) is 0 Å². The lowest BCUT2D eigenvalue weighted by molar-refractivity contribution is -0.116. The smallest absolute Gasteiger partial charge is 0.236 e. The van der Waals surface area contributed by atoms with Crippen LogP contribution in [0.25, 0.3) is 0 Å². The normalized spacial score (nSPS) is 10.6. The lowest BCUT2D eigenvalue weighted by Gasteiger charge is -2.18. The Hall–Kier alpha value is -2.87. The third-order valence-electron chi connectivity index (χ3n) is 4.16. The van der Waals surface area contributed by atoms with Gasteiger partial charge in [0.25, 0.3) is 0 Å². The van der Waals surface area contributed by atoms with E-state index in [1.54, 1.807) is 0 Å². The summed E-state index contributed by atoms with van der Waals surface area (Å²) in [5, 5.41) is 3.05. The van der Waals surface area contributed by atoms with Gasteiger partial charge in [-0.05, 0) is 35.2 Å². The molecule has 1 amide bonds. The Morgan fingerprint density at radius 2 is 1.29 bits per heavy atom. The third-order valence-corrected chi connectivity index (χ3v) is 4.16. The first-order valence-corrected chi connectivity index (χ1v) is 8.27. The maximum atomic E-state index is 13.0. The van der Waals surface area contributed by atoms with Crippen LogP contribution in [-0.2, 0) is 11.2 Å². The summed E-state index contributed by atoms with van der Waals surface area (Å²) in [5.74, 6) is -0.338. The van der Waals surface area contributed by atoms with Crippen LogP contribution in [0.1, 0.15) is 29.5 Å². The van der Waals surface area contributed by atoms with Crippen LogP contribution in [0.3, 0.4) is 0 Å². The van der Waals surface area contributed by atoms with Gasteiger partial charge in [0.2, 0.25) is 5.91 Å². The van der Waals surface area contributed by atoms with Crippen LogP contribution in [0.5, 0.6) is 0 Å². The predicted molar refractivity (Wildman–Crippen MR) is 99.2 cm³/mol. The van der Waals surface area contributed by atoms with E-state index in [1.165, 1.54) is 5.56 Å². The van der Waals surface area contributed by atoms with Crippen molar-refractivity contribution in [2.75, 3.05) is 5.32 Å². The first-order valence-electron chi connectivity index (χ1n) is 8.27. The highest BCUT2D eigenvalue weighted by Gasteiger charge is 2.22. The fourth-order valence-corrected chi connectivity index (χ4v) is 2.82. The minimum Gasteiger partial charge on any atom is -0.325 e. The zero-order valence-electron chi connectivity index (χ0n) is 13.8. The first kappa shape index (κ1) is 16.0. The van der Waals surface area contributed by atoms with E-state index >= 15 is 0 Å². The summed E-state index contributed by atoms with van der Waals surface area (Å²) in [6.45, 7) is 2.12. The summed E-state index contributed by atoms with van der Waals surface area (Å²) in [7, 11) is 0. The molecule has 0 aromatic heterocycles. The molecule has 0 aliphatic rings. The third kappa shape index (κ3) is 3.72. The average molecular weight is 315 g/mol. The SMILES string of the molecule is CCc1ccc(NC(=O)C(c2ccccc2)c2ccccc2)cc1. The minimum absolute atomic E-state index is 0.0170. The second kappa shape index (κ2) is 7.60. The molecule has 0 saturated carbocycles. The number of hydrogen-bond donors (Lipinski definition) is 1. The Morgan fingerprint density at radius 1 is 0.792 bits per heavy atom. The van der Waals surface area contributed by atoms with Crippen LogP contribution in [0, 0.1) is 0 Å². The summed E-state index contributed by atoms with van der Waals surface area (Å²) in [6, 6.07) is 27.8. The van der Waals surface area contributed by atoms with Crippen LogP contribution < -0.4 is 5.32 Å². The van der Waals surface area contributed by atoms with Crippen molar-refractivity contribution in [2.24, 2.45) is 0 Å². The number of amides is 1. The molecule has 120 valence electrons. The minimum atomic E-state index is -0.321. The van der Waals surface area contributed by atoms with Crippen molar-refractivity contribution in [3.05, 3.63) is 102 Å². The quantitative estimate of drug-likeness (QED) is 0.704. The summed E-state index contributed by atoms with van der Waals surface area (Å²) in [6.07, 6.45) is 0.991. The lowest BCUT2D eigenvalue weighted by Crippen LogP contribution is -2.22. The van der Waals surface area contributed by atoms with Crippen molar-refractivity contribution in [1.82, 2.24) is 0 Å². The molecule has 2 nitrogen and oxygen atoms in total. The maximum absolute atomic E-state index is 13.0. The van der Waals surface area contributed by atoms with Crippen molar-refractivity contribution in [3.8, 4) is 0 Å². The van der Waals surface area contributed by atoms with Crippen molar-refractivity contribution >= 4 is 11.6 Å². The summed E-state index contributed by atoms with van der Waals surface area (Å²) >= 11 is 0. The molecule has 0 unspecified atom stereocenters. The lowest BCUT2D eigenvalue weighted by atomic mass is 9.90. The molecule has 24 heavy (non-hydrogen) atoms. The van der Waals surface area contributed by atoms with Crippen molar-refractivity contribution in [3.63, 3.8) is 0 Å². The number of rotatable bonds is 5. The molecule has 0 aliphatic carbocycles. The van der Waals surface area contributed by atoms with E-state index in [9.17, 15) is 4.79 Å². The number of benzene rings is 3. The van der Waals surface area contributed by atoms with Crippen LogP contribution in [0.4, 0.5) is 5.69 Å². The maximum Gasteiger partial charge on any atom is 0.236 e. The van der Waals surface area contributed by atoms with Gasteiger partial charge >= 0.3 is 0 Å². The second-order valence-corrected chi connectivity index (χ2v) is 5.79. The van der Waals surface area contributed by atoms with E-state index < -0.39 is 0 Å². The van der Waals surface area contributed by atoms with Gasteiger partial charge < -0.3 is 5.32 Å². The number of carbonyl (C=O) groups excluding carboxylic acids is 1. The van der Waals surface area contributed by atoms with Crippen LogP contribution in [0.2, 0.25) is 0 Å². The monoisotopic (exact) mass is 315 g/mol. The second-order valence-electron chi connectivity index (χ2n) is 5.79. The van der Waals surface area contributed by atoms with E-state index in [0.29, 0.717) is 0 Å². The fraction of sp³-hybridized carbons (Fsp3) is 0.136. The average Bonchev–Trinajstić information content (AvgIpc) is 2.64. The molecule has 0 atom stereocenters. The molecule has 0 heterocycles.